The van der Waals surface area contributed by atoms with E-state index in [1.54, 1.807) is 4.90 Å². The van der Waals surface area contributed by atoms with E-state index in [-0.39, 0.29) is 11.7 Å². The maximum atomic E-state index is 13.2. The second-order valence-electron chi connectivity index (χ2n) is 4.46. The fourth-order valence-corrected chi connectivity index (χ4v) is 2.71. The highest BCUT2D eigenvalue weighted by molar-refractivity contribution is 9.10. The largest absolute Gasteiger partial charge is 0.308 e. The lowest BCUT2D eigenvalue weighted by molar-refractivity contribution is 0.0989. The second kappa shape index (κ2) is 4.78. The van der Waals surface area contributed by atoms with Crippen molar-refractivity contribution in [3.8, 4) is 0 Å². The molecule has 0 radical (unpaired) electrons. The van der Waals surface area contributed by atoms with Gasteiger partial charge >= 0.3 is 0 Å². The summed E-state index contributed by atoms with van der Waals surface area (Å²) in [5.41, 5.74) is 2.62. The van der Waals surface area contributed by atoms with Crippen molar-refractivity contribution in [3.05, 3.63) is 63.9 Å². The van der Waals surface area contributed by atoms with Gasteiger partial charge in [-0.25, -0.2) is 4.39 Å². The van der Waals surface area contributed by atoms with Crippen molar-refractivity contribution in [3.63, 3.8) is 0 Å². The molecule has 2 nitrogen and oxygen atoms in total. The first kappa shape index (κ1) is 12.4. The lowest BCUT2D eigenvalue weighted by Gasteiger charge is -2.17. The molecule has 1 aliphatic heterocycles. The van der Waals surface area contributed by atoms with Crippen LogP contribution in [0.25, 0.3) is 0 Å². The standard InChI is InChI=1S/C15H11BrFNO/c16-12-9-11(5-6-13(12)17)15(19)18-8-7-10-3-1-2-4-14(10)18/h1-6,9H,7-8H2. The quantitative estimate of drug-likeness (QED) is 0.783. The Morgan fingerprint density at radius 3 is 2.79 bits per heavy atom. The van der Waals surface area contributed by atoms with Crippen LogP contribution in [-0.4, -0.2) is 12.5 Å². The number of hydrogen-bond acceptors (Lipinski definition) is 1. The zero-order valence-corrected chi connectivity index (χ0v) is 11.7. The maximum Gasteiger partial charge on any atom is 0.258 e. The Kier molecular flexibility index (Phi) is 3.11. The molecule has 2 aromatic rings. The van der Waals surface area contributed by atoms with Crippen LogP contribution in [-0.2, 0) is 6.42 Å². The van der Waals surface area contributed by atoms with E-state index in [0.29, 0.717) is 16.6 Å². The van der Waals surface area contributed by atoms with Crippen LogP contribution in [0, 0.1) is 5.82 Å². The summed E-state index contributed by atoms with van der Waals surface area (Å²) in [6.07, 6.45) is 0.865. The molecule has 3 rings (SSSR count). The molecule has 1 amide bonds. The molecular weight excluding hydrogens is 309 g/mol. The molecule has 0 atom stereocenters. The number of anilines is 1. The molecule has 0 unspecified atom stereocenters. The van der Waals surface area contributed by atoms with Crippen LogP contribution in [0.5, 0.6) is 0 Å². The third-order valence-corrected chi connectivity index (χ3v) is 3.91. The normalized spacial score (nSPS) is 13.5. The van der Waals surface area contributed by atoms with E-state index in [0.717, 1.165) is 12.1 Å². The minimum Gasteiger partial charge on any atom is -0.308 e. The van der Waals surface area contributed by atoms with Gasteiger partial charge in [-0.3, -0.25) is 4.79 Å². The van der Waals surface area contributed by atoms with Gasteiger partial charge in [-0.1, -0.05) is 18.2 Å². The van der Waals surface area contributed by atoms with E-state index in [2.05, 4.69) is 15.9 Å². The summed E-state index contributed by atoms with van der Waals surface area (Å²) in [6.45, 7) is 0.674. The summed E-state index contributed by atoms with van der Waals surface area (Å²) in [5.74, 6) is -0.455. The van der Waals surface area contributed by atoms with Crippen molar-refractivity contribution in [2.45, 2.75) is 6.42 Å². The highest BCUT2D eigenvalue weighted by Crippen LogP contribution is 2.29. The molecule has 0 saturated carbocycles. The second-order valence-corrected chi connectivity index (χ2v) is 5.32. The van der Waals surface area contributed by atoms with E-state index in [4.69, 9.17) is 0 Å². The average molecular weight is 320 g/mol. The summed E-state index contributed by atoms with van der Waals surface area (Å²) in [4.78, 5) is 14.2. The van der Waals surface area contributed by atoms with Gasteiger partial charge in [0.2, 0.25) is 0 Å². The summed E-state index contributed by atoms with van der Waals surface area (Å²) in [7, 11) is 0. The summed E-state index contributed by atoms with van der Waals surface area (Å²) < 4.78 is 13.5. The van der Waals surface area contributed by atoms with Gasteiger partial charge in [0.1, 0.15) is 5.82 Å². The van der Waals surface area contributed by atoms with E-state index >= 15 is 0 Å². The summed E-state index contributed by atoms with van der Waals surface area (Å²) in [6, 6.07) is 12.2. The van der Waals surface area contributed by atoms with Crippen LogP contribution < -0.4 is 4.90 Å². The third-order valence-electron chi connectivity index (χ3n) is 3.30. The molecule has 0 fully saturated rings. The van der Waals surface area contributed by atoms with Gasteiger partial charge in [0.25, 0.3) is 5.91 Å². The van der Waals surface area contributed by atoms with Crippen molar-refractivity contribution in [1.82, 2.24) is 0 Å². The number of benzene rings is 2. The Balaban J connectivity index is 1.95. The molecule has 0 N–H and O–H groups in total. The van der Waals surface area contributed by atoms with Gasteiger partial charge in [0, 0.05) is 17.8 Å². The van der Waals surface area contributed by atoms with E-state index in [9.17, 15) is 9.18 Å². The lowest BCUT2D eigenvalue weighted by Crippen LogP contribution is -2.28. The Morgan fingerprint density at radius 2 is 2.00 bits per heavy atom. The number of hydrogen-bond donors (Lipinski definition) is 0. The first-order chi connectivity index (χ1) is 9.16. The zero-order chi connectivity index (χ0) is 13.4. The zero-order valence-electron chi connectivity index (χ0n) is 10.1. The van der Waals surface area contributed by atoms with Crippen LogP contribution in [0.4, 0.5) is 10.1 Å². The Morgan fingerprint density at radius 1 is 1.21 bits per heavy atom. The molecule has 0 aliphatic carbocycles. The number of nitrogens with zero attached hydrogens (tertiary/aromatic N) is 1. The van der Waals surface area contributed by atoms with Gasteiger partial charge in [0.15, 0.2) is 0 Å². The van der Waals surface area contributed by atoms with E-state index < -0.39 is 0 Å². The molecule has 0 bridgehead atoms. The van der Waals surface area contributed by atoms with Crippen LogP contribution in [0.1, 0.15) is 15.9 Å². The van der Waals surface area contributed by atoms with Crippen LogP contribution in [0.2, 0.25) is 0 Å². The van der Waals surface area contributed by atoms with Crippen LogP contribution >= 0.6 is 15.9 Å². The van der Waals surface area contributed by atoms with Gasteiger partial charge in [-0.2, -0.15) is 0 Å². The van der Waals surface area contributed by atoms with Gasteiger partial charge in [0.05, 0.1) is 4.47 Å². The predicted octanol–water partition coefficient (Wildman–Crippen LogP) is 3.79. The monoisotopic (exact) mass is 319 g/mol. The molecule has 2 aromatic carbocycles. The van der Waals surface area contributed by atoms with Gasteiger partial charge < -0.3 is 4.90 Å². The maximum absolute atomic E-state index is 13.2. The predicted molar refractivity (Wildman–Crippen MR) is 75.9 cm³/mol. The van der Waals surface area contributed by atoms with Crippen molar-refractivity contribution in [1.29, 1.82) is 0 Å². The SMILES string of the molecule is O=C(c1ccc(F)c(Br)c1)N1CCc2ccccc21. The average Bonchev–Trinajstić information content (AvgIpc) is 2.85. The first-order valence-electron chi connectivity index (χ1n) is 6.01. The number of halogens is 2. The summed E-state index contributed by atoms with van der Waals surface area (Å²) >= 11 is 3.11. The lowest BCUT2D eigenvalue weighted by atomic mass is 10.1. The molecule has 1 aliphatic rings. The topological polar surface area (TPSA) is 20.3 Å². The van der Waals surface area contributed by atoms with Crippen LogP contribution in [0.15, 0.2) is 46.9 Å². The highest BCUT2D eigenvalue weighted by atomic mass is 79.9. The highest BCUT2D eigenvalue weighted by Gasteiger charge is 2.25. The minimum atomic E-state index is -0.363. The number of para-hydroxylation sites is 1. The van der Waals surface area contributed by atoms with E-state index in [1.807, 2.05) is 24.3 Å². The molecule has 4 heteroatoms. The van der Waals surface area contributed by atoms with Crippen molar-refractivity contribution >= 4 is 27.5 Å². The number of amides is 1. The Labute approximate surface area is 119 Å². The molecule has 0 spiro atoms. The third kappa shape index (κ3) is 2.16. The molecule has 0 aromatic heterocycles. The van der Waals surface area contributed by atoms with Gasteiger partial charge in [-0.05, 0) is 52.2 Å². The number of carbonyl (C=O) groups excluding carboxylic acids is 1. The smallest absolute Gasteiger partial charge is 0.258 e. The van der Waals surface area contributed by atoms with Crippen LogP contribution in [0.3, 0.4) is 0 Å². The van der Waals surface area contributed by atoms with Crippen molar-refractivity contribution in [2.75, 3.05) is 11.4 Å². The molecular formula is C15H11BrFNO. The van der Waals surface area contributed by atoms with Crippen molar-refractivity contribution < 1.29 is 9.18 Å². The van der Waals surface area contributed by atoms with Gasteiger partial charge in [-0.15, -0.1) is 0 Å². The number of fused-ring (bicyclic) bond motifs is 1. The fourth-order valence-electron chi connectivity index (χ4n) is 2.33. The summed E-state index contributed by atoms with van der Waals surface area (Å²) in [5, 5.41) is 0. The molecule has 1 heterocycles. The molecule has 96 valence electrons. The van der Waals surface area contributed by atoms with Crippen molar-refractivity contribution in [2.24, 2.45) is 0 Å². The minimum absolute atomic E-state index is 0.0920. The fraction of sp³-hybridized carbons (Fsp3) is 0.133. The molecule has 0 saturated heterocycles. The first-order valence-corrected chi connectivity index (χ1v) is 6.81. The number of rotatable bonds is 1. The Hall–Kier alpha value is -1.68. The molecule has 19 heavy (non-hydrogen) atoms. The Bertz CT molecular complexity index is 656. The van der Waals surface area contributed by atoms with E-state index in [1.165, 1.54) is 23.8 Å². The number of carbonyl (C=O) groups is 1.